The molecule has 0 unspecified atom stereocenters. The Kier molecular flexibility index (Phi) is 5.41. The molecule has 0 aliphatic carbocycles. The number of nitrogens with zero attached hydrogens (tertiary/aromatic N) is 2. The molecule has 2 heterocycles. The van der Waals surface area contributed by atoms with E-state index in [1.54, 1.807) is 0 Å². The van der Waals surface area contributed by atoms with Gasteiger partial charge in [-0.25, -0.2) is 13.8 Å². The Morgan fingerprint density at radius 2 is 1.96 bits per heavy atom. The number of halogens is 2. The van der Waals surface area contributed by atoms with Gasteiger partial charge in [-0.05, 0) is 50.2 Å². The lowest BCUT2D eigenvalue weighted by Gasteiger charge is -2.23. The van der Waals surface area contributed by atoms with Gasteiger partial charge in [0.05, 0.1) is 11.6 Å². The smallest absolute Gasteiger partial charge is 0.214 e. The number of benzene rings is 1. The van der Waals surface area contributed by atoms with E-state index in [0.29, 0.717) is 5.88 Å². The molecule has 2 aromatic rings. The van der Waals surface area contributed by atoms with Crippen molar-refractivity contribution in [3.8, 4) is 17.7 Å². The lowest BCUT2D eigenvalue weighted by molar-refractivity contribution is 0.154. The molecule has 3 rings (SSSR count). The van der Waals surface area contributed by atoms with Crippen LogP contribution >= 0.6 is 0 Å². The molecule has 0 amide bonds. The van der Waals surface area contributed by atoms with E-state index < -0.39 is 11.6 Å². The summed E-state index contributed by atoms with van der Waals surface area (Å²) in [5, 5.41) is 12.0. The number of aromatic nitrogens is 1. The summed E-state index contributed by atoms with van der Waals surface area (Å²) in [6, 6.07) is 8.40. The van der Waals surface area contributed by atoms with E-state index in [1.165, 1.54) is 24.3 Å². The van der Waals surface area contributed by atoms with Crippen molar-refractivity contribution < 1.29 is 18.3 Å². The second-order valence-corrected chi connectivity index (χ2v) is 5.69. The molecule has 130 valence electrons. The molecular formula is C18H17F2N3O2. The number of hydrogen-bond acceptors (Lipinski definition) is 5. The van der Waals surface area contributed by atoms with Gasteiger partial charge in [-0.2, -0.15) is 5.26 Å². The Labute approximate surface area is 144 Å². The van der Waals surface area contributed by atoms with Crippen molar-refractivity contribution in [2.75, 3.05) is 13.1 Å². The first-order chi connectivity index (χ1) is 12.2. The van der Waals surface area contributed by atoms with E-state index in [0.717, 1.165) is 32.0 Å². The van der Waals surface area contributed by atoms with Gasteiger partial charge in [-0.15, -0.1) is 0 Å². The highest BCUT2D eigenvalue weighted by Gasteiger charge is 2.16. The van der Waals surface area contributed by atoms with E-state index in [1.807, 2.05) is 6.07 Å². The predicted octanol–water partition coefficient (Wildman–Crippen LogP) is 2.94. The van der Waals surface area contributed by atoms with Crippen LogP contribution in [-0.2, 0) is 6.61 Å². The van der Waals surface area contributed by atoms with Gasteiger partial charge in [-0.3, -0.25) is 0 Å². The van der Waals surface area contributed by atoms with Crippen molar-refractivity contribution in [3.63, 3.8) is 0 Å². The summed E-state index contributed by atoms with van der Waals surface area (Å²) in [7, 11) is 0. The molecule has 25 heavy (non-hydrogen) atoms. The number of nitriles is 1. The second kappa shape index (κ2) is 7.90. The van der Waals surface area contributed by atoms with Gasteiger partial charge < -0.3 is 14.8 Å². The fourth-order valence-electron chi connectivity index (χ4n) is 2.55. The van der Waals surface area contributed by atoms with E-state index in [-0.39, 0.29) is 29.7 Å². The topological polar surface area (TPSA) is 67.2 Å². The molecular weight excluding hydrogens is 328 g/mol. The van der Waals surface area contributed by atoms with Gasteiger partial charge in [0.2, 0.25) is 5.88 Å². The molecule has 5 nitrogen and oxygen atoms in total. The lowest BCUT2D eigenvalue weighted by atomic mass is 10.1. The molecule has 7 heteroatoms. The van der Waals surface area contributed by atoms with Crippen LogP contribution in [-0.4, -0.2) is 24.2 Å². The van der Waals surface area contributed by atoms with Gasteiger partial charge in [0.1, 0.15) is 24.2 Å². The molecule has 0 spiro atoms. The number of pyridine rings is 1. The van der Waals surface area contributed by atoms with Crippen molar-refractivity contribution in [2.24, 2.45) is 0 Å². The van der Waals surface area contributed by atoms with Gasteiger partial charge in [0.15, 0.2) is 11.6 Å². The van der Waals surface area contributed by atoms with Gasteiger partial charge in [0, 0.05) is 6.07 Å². The van der Waals surface area contributed by atoms with E-state index in [2.05, 4.69) is 10.3 Å². The van der Waals surface area contributed by atoms with Crippen LogP contribution in [0.5, 0.6) is 11.6 Å². The van der Waals surface area contributed by atoms with Crippen molar-refractivity contribution in [2.45, 2.75) is 25.6 Å². The Morgan fingerprint density at radius 3 is 2.68 bits per heavy atom. The minimum absolute atomic E-state index is 0.0372. The van der Waals surface area contributed by atoms with E-state index in [4.69, 9.17) is 14.7 Å². The van der Waals surface area contributed by atoms with Crippen LogP contribution in [0.1, 0.15) is 24.1 Å². The lowest BCUT2D eigenvalue weighted by Crippen LogP contribution is -2.34. The summed E-state index contributed by atoms with van der Waals surface area (Å²) in [4.78, 5) is 4.13. The summed E-state index contributed by atoms with van der Waals surface area (Å²) in [6.07, 6.45) is 1.77. The Morgan fingerprint density at radius 1 is 1.16 bits per heavy atom. The molecule has 0 bridgehead atoms. The maximum Gasteiger partial charge on any atom is 0.214 e. The van der Waals surface area contributed by atoms with Crippen LogP contribution in [0.3, 0.4) is 0 Å². The van der Waals surface area contributed by atoms with Gasteiger partial charge in [0.25, 0.3) is 0 Å². The summed E-state index contributed by atoms with van der Waals surface area (Å²) in [5.41, 5.74) is 0.224. The third kappa shape index (κ3) is 4.43. The average Bonchev–Trinajstić information content (AvgIpc) is 2.63. The minimum Gasteiger partial charge on any atom is -0.484 e. The van der Waals surface area contributed by atoms with Crippen LogP contribution < -0.4 is 14.8 Å². The monoisotopic (exact) mass is 345 g/mol. The van der Waals surface area contributed by atoms with Crippen molar-refractivity contribution in [3.05, 3.63) is 53.2 Å². The summed E-state index contributed by atoms with van der Waals surface area (Å²) < 4.78 is 38.8. The van der Waals surface area contributed by atoms with Crippen molar-refractivity contribution in [1.82, 2.24) is 10.3 Å². The highest BCUT2D eigenvalue weighted by atomic mass is 19.1. The fourth-order valence-corrected chi connectivity index (χ4v) is 2.55. The highest BCUT2D eigenvalue weighted by molar-refractivity contribution is 5.36. The molecule has 1 aliphatic heterocycles. The highest BCUT2D eigenvalue weighted by Crippen LogP contribution is 2.21. The fraction of sp³-hybridized carbons (Fsp3) is 0.333. The summed E-state index contributed by atoms with van der Waals surface area (Å²) in [5.74, 6) is -0.967. The van der Waals surface area contributed by atoms with Crippen LogP contribution in [0.25, 0.3) is 0 Å². The maximum atomic E-state index is 13.9. The third-order valence-corrected chi connectivity index (χ3v) is 3.89. The van der Waals surface area contributed by atoms with Crippen LogP contribution in [0.15, 0.2) is 30.3 Å². The zero-order valence-corrected chi connectivity index (χ0v) is 13.5. The third-order valence-electron chi connectivity index (χ3n) is 3.89. The normalized spacial score (nSPS) is 14.8. The quantitative estimate of drug-likeness (QED) is 0.902. The molecule has 0 atom stereocenters. The molecule has 1 N–H and O–H groups in total. The maximum absolute atomic E-state index is 13.9. The summed E-state index contributed by atoms with van der Waals surface area (Å²) in [6.45, 7) is 1.51. The van der Waals surface area contributed by atoms with Crippen LogP contribution in [0.4, 0.5) is 8.78 Å². The van der Waals surface area contributed by atoms with Crippen molar-refractivity contribution >= 4 is 0 Å². The first-order valence-electron chi connectivity index (χ1n) is 8.01. The molecule has 0 radical (unpaired) electrons. The number of ether oxygens (including phenoxy) is 2. The molecule has 0 saturated carbocycles. The molecule has 1 aromatic heterocycles. The standard InChI is InChI=1S/C18H17F2N3O2/c19-14-2-4-18(25-13-5-7-22-8-6-13)23-16(14)11-24-17-3-1-12(10-21)9-15(17)20/h1-4,9,13,22H,5-8,11H2. The Hall–Kier alpha value is -2.72. The predicted molar refractivity (Wildman–Crippen MR) is 86.2 cm³/mol. The summed E-state index contributed by atoms with van der Waals surface area (Å²) >= 11 is 0. The Balaban J connectivity index is 1.67. The van der Waals surface area contributed by atoms with Gasteiger partial charge in [-0.1, -0.05) is 0 Å². The van der Waals surface area contributed by atoms with Gasteiger partial charge >= 0.3 is 0 Å². The molecule has 1 aliphatic rings. The first kappa shape index (κ1) is 17.1. The average molecular weight is 345 g/mol. The van der Waals surface area contributed by atoms with Crippen LogP contribution in [0.2, 0.25) is 0 Å². The van der Waals surface area contributed by atoms with E-state index >= 15 is 0 Å². The second-order valence-electron chi connectivity index (χ2n) is 5.69. The zero-order chi connectivity index (χ0) is 17.6. The molecule has 1 saturated heterocycles. The van der Waals surface area contributed by atoms with E-state index in [9.17, 15) is 8.78 Å². The molecule has 1 fully saturated rings. The van der Waals surface area contributed by atoms with Crippen molar-refractivity contribution in [1.29, 1.82) is 5.26 Å². The number of rotatable bonds is 5. The Bertz CT molecular complexity index is 786. The number of piperidine rings is 1. The number of nitrogens with one attached hydrogen (secondary N) is 1. The molecule has 1 aromatic carbocycles. The van der Waals surface area contributed by atoms with Crippen LogP contribution in [0, 0.1) is 23.0 Å². The first-order valence-corrected chi connectivity index (χ1v) is 8.01. The number of hydrogen-bond donors (Lipinski definition) is 1. The minimum atomic E-state index is -0.679. The SMILES string of the molecule is N#Cc1ccc(OCc2nc(OC3CCNCC3)ccc2F)c(F)c1. The zero-order valence-electron chi connectivity index (χ0n) is 13.5. The largest absolute Gasteiger partial charge is 0.484 e.